The van der Waals surface area contributed by atoms with Gasteiger partial charge in [0.05, 0.1) is 28.6 Å². The molecule has 0 spiro atoms. The molecule has 2 aliphatic rings. The van der Waals surface area contributed by atoms with E-state index in [9.17, 15) is 19.1 Å². The standard InChI is InChI=1S/C18H15FN2O3/c19-11-5-3-10(4-6-11)8-14-12(18(23)24)9-13-16(20-14)15-2-1-7-21(15)17(13)22/h3-6,9,15H,1-2,7-8H2,(H,23,24). The van der Waals surface area contributed by atoms with Gasteiger partial charge in [-0.25, -0.2) is 9.18 Å². The first-order valence-corrected chi connectivity index (χ1v) is 7.87. The number of carboxylic acid groups (broad SMARTS) is 1. The van der Waals surface area contributed by atoms with Crippen molar-refractivity contribution in [1.82, 2.24) is 9.88 Å². The first-order chi connectivity index (χ1) is 11.5. The van der Waals surface area contributed by atoms with Gasteiger partial charge in [0.25, 0.3) is 5.91 Å². The van der Waals surface area contributed by atoms with Crippen molar-refractivity contribution < 1.29 is 19.1 Å². The molecular formula is C18H15FN2O3. The molecule has 24 heavy (non-hydrogen) atoms. The number of benzene rings is 1. The summed E-state index contributed by atoms with van der Waals surface area (Å²) in [6.45, 7) is 0.690. The highest BCUT2D eigenvalue weighted by Gasteiger charge is 2.41. The predicted molar refractivity (Wildman–Crippen MR) is 83.4 cm³/mol. The van der Waals surface area contributed by atoms with E-state index < -0.39 is 5.97 Å². The number of carboxylic acids is 1. The fourth-order valence-electron chi connectivity index (χ4n) is 3.56. The molecule has 0 saturated carbocycles. The van der Waals surface area contributed by atoms with Crippen LogP contribution in [-0.4, -0.2) is 33.4 Å². The van der Waals surface area contributed by atoms with Crippen LogP contribution in [0.25, 0.3) is 0 Å². The molecule has 2 aliphatic heterocycles. The SMILES string of the molecule is O=C(O)c1cc2c(nc1Cc1ccc(F)cc1)C1CCCN1C2=O. The molecule has 0 radical (unpaired) electrons. The summed E-state index contributed by atoms with van der Waals surface area (Å²) >= 11 is 0. The summed E-state index contributed by atoms with van der Waals surface area (Å²) in [7, 11) is 0. The molecule has 6 heteroatoms. The smallest absolute Gasteiger partial charge is 0.337 e. The third-order valence-corrected chi connectivity index (χ3v) is 4.71. The van der Waals surface area contributed by atoms with E-state index >= 15 is 0 Å². The third kappa shape index (κ3) is 2.26. The Morgan fingerprint density at radius 1 is 1.33 bits per heavy atom. The van der Waals surface area contributed by atoms with Gasteiger partial charge in [-0.3, -0.25) is 9.78 Å². The molecule has 5 nitrogen and oxygen atoms in total. The first-order valence-electron chi connectivity index (χ1n) is 7.87. The second-order valence-electron chi connectivity index (χ2n) is 6.18. The Labute approximate surface area is 137 Å². The Morgan fingerprint density at radius 2 is 2.08 bits per heavy atom. The van der Waals surface area contributed by atoms with Crippen molar-refractivity contribution in [1.29, 1.82) is 0 Å². The Morgan fingerprint density at radius 3 is 2.79 bits per heavy atom. The summed E-state index contributed by atoms with van der Waals surface area (Å²) in [5.41, 5.74) is 2.31. The van der Waals surface area contributed by atoms with E-state index in [0.29, 0.717) is 23.5 Å². The molecule has 1 fully saturated rings. The van der Waals surface area contributed by atoms with Crippen molar-refractivity contribution in [2.24, 2.45) is 0 Å². The minimum Gasteiger partial charge on any atom is -0.478 e. The monoisotopic (exact) mass is 326 g/mol. The third-order valence-electron chi connectivity index (χ3n) is 4.71. The lowest BCUT2D eigenvalue weighted by atomic mass is 10.0. The van der Waals surface area contributed by atoms with Crippen LogP contribution in [0.5, 0.6) is 0 Å². The number of aromatic carboxylic acids is 1. The number of hydrogen-bond donors (Lipinski definition) is 1. The predicted octanol–water partition coefficient (Wildman–Crippen LogP) is 2.80. The fourth-order valence-corrected chi connectivity index (χ4v) is 3.56. The van der Waals surface area contributed by atoms with Gasteiger partial charge in [-0.2, -0.15) is 0 Å². The maximum atomic E-state index is 13.1. The average Bonchev–Trinajstić information content (AvgIpc) is 3.13. The Kier molecular flexibility index (Phi) is 3.33. The maximum absolute atomic E-state index is 13.1. The number of carbonyl (C=O) groups excluding carboxylic acids is 1. The molecule has 122 valence electrons. The number of nitrogens with zero attached hydrogens (tertiary/aromatic N) is 2. The summed E-state index contributed by atoms with van der Waals surface area (Å²) in [4.78, 5) is 30.3. The van der Waals surface area contributed by atoms with Gasteiger partial charge in [-0.05, 0) is 36.6 Å². The number of rotatable bonds is 3. The second-order valence-corrected chi connectivity index (χ2v) is 6.18. The zero-order valence-corrected chi connectivity index (χ0v) is 12.8. The van der Waals surface area contributed by atoms with Crippen LogP contribution in [0.2, 0.25) is 0 Å². The van der Waals surface area contributed by atoms with E-state index in [1.807, 2.05) is 0 Å². The molecule has 1 N–H and O–H groups in total. The normalized spacial score (nSPS) is 18.6. The minimum absolute atomic E-state index is 0.0348. The topological polar surface area (TPSA) is 70.5 Å². The molecule has 1 aromatic carbocycles. The fraction of sp³-hybridized carbons (Fsp3) is 0.278. The van der Waals surface area contributed by atoms with Crippen LogP contribution in [0.3, 0.4) is 0 Å². The Hall–Kier alpha value is -2.76. The van der Waals surface area contributed by atoms with Gasteiger partial charge in [0.2, 0.25) is 0 Å². The summed E-state index contributed by atoms with van der Waals surface area (Å²) in [5, 5.41) is 9.48. The summed E-state index contributed by atoms with van der Waals surface area (Å²) in [6.07, 6.45) is 2.08. The number of amides is 1. The van der Waals surface area contributed by atoms with E-state index in [4.69, 9.17) is 0 Å². The summed E-state index contributed by atoms with van der Waals surface area (Å²) in [6, 6.07) is 7.31. The van der Waals surface area contributed by atoms with Gasteiger partial charge in [-0.1, -0.05) is 12.1 Å². The van der Waals surface area contributed by atoms with Crippen LogP contribution in [0, 0.1) is 5.82 Å². The van der Waals surface area contributed by atoms with Crippen LogP contribution >= 0.6 is 0 Å². The van der Waals surface area contributed by atoms with Crippen molar-refractivity contribution in [3.05, 3.63) is 64.2 Å². The van der Waals surface area contributed by atoms with Gasteiger partial charge in [0.1, 0.15) is 5.82 Å². The first kappa shape index (κ1) is 14.8. The molecule has 1 unspecified atom stereocenters. The van der Waals surface area contributed by atoms with E-state index in [0.717, 1.165) is 18.4 Å². The minimum atomic E-state index is -1.11. The summed E-state index contributed by atoms with van der Waals surface area (Å²) < 4.78 is 13.1. The van der Waals surface area contributed by atoms with Gasteiger partial charge in [0, 0.05) is 13.0 Å². The lowest BCUT2D eigenvalue weighted by Crippen LogP contribution is -2.22. The highest BCUT2D eigenvalue weighted by molar-refractivity contribution is 6.01. The highest BCUT2D eigenvalue weighted by Crippen LogP contribution is 2.40. The molecule has 4 rings (SSSR count). The van der Waals surface area contributed by atoms with Crippen molar-refractivity contribution >= 4 is 11.9 Å². The van der Waals surface area contributed by atoms with E-state index in [1.165, 1.54) is 18.2 Å². The Balaban J connectivity index is 1.79. The Bertz CT molecular complexity index is 848. The average molecular weight is 326 g/mol. The molecule has 3 heterocycles. The maximum Gasteiger partial charge on any atom is 0.337 e. The second kappa shape index (κ2) is 5.40. The van der Waals surface area contributed by atoms with Gasteiger partial charge in [-0.15, -0.1) is 0 Å². The van der Waals surface area contributed by atoms with Crippen LogP contribution in [0.1, 0.15) is 56.6 Å². The zero-order chi connectivity index (χ0) is 16.8. The quantitative estimate of drug-likeness (QED) is 0.941. The summed E-state index contributed by atoms with van der Waals surface area (Å²) in [5.74, 6) is -1.58. The lowest BCUT2D eigenvalue weighted by Gasteiger charge is -2.14. The lowest BCUT2D eigenvalue weighted by molar-refractivity contribution is 0.0695. The zero-order valence-electron chi connectivity index (χ0n) is 12.8. The molecular weight excluding hydrogens is 311 g/mol. The molecule has 0 aliphatic carbocycles. The van der Waals surface area contributed by atoms with Gasteiger partial charge in [0.15, 0.2) is 0 Å². The molecule has 1 aromatic heterocycles. The highest BCUT2D eigenvalue weighted by atomic mass is 19.1. The molecule has 1 saturated heterocycles. The van der Waals surface area contributed by atoms with Crippen LogP contribution in [0.15, 0.2) is 30.3 Å². The number of fused-ring (bicyclic) bond motifs is 3. The molecule has 1 amide bonds. The van der Waals surface area contributed by atoms with Crippen LogP contribution in [-0.2, 0) is 6.42 Å². The van der Waals surface area contributed by atoms with E-state index in [-0.39, 0.29) is 29.8 Å². The number of aromatic nitrogens is 1. The number of hydrogen-bond acceptors (Lipinski definition) is 3. The van der Waals surface area contributed by atoms with E-state index in [1.54, 1.807) is 17.0 Å². The van der Waals surface area contributed by atoms with Gasteiger partial charge < -0.3 is 10.0 Å². The van der Waals surface area contributed by atoms with Crippen molar-refractivity contribution in [3.63, 3.8) is 0 Å². The van der Waals surface area contributed by atoms with E-state index in [2.05, 4.69) is 4.98 Å². The van der Waals surface area contributed by atoms with Crippen molar-refractivity contribution in [2.75, 3.05) is 6.54 Å². The molecule has 0 bridgehead atoms. The number of pyridine rings is 1. The van der Waals surface area contributed by atoms with Crippen LogP contribution < -0.4 is 0 Å². The molecule has 1 atom stereocenters. The van der Waals surface area contributed by atoms with Crippen molar-refractivity contribution in [2.45, 2.75) is 25.3 Å². The van der Waals surface area contributed by atoms with Gasteiger partial charge >= 0.3 is 5.97 Å². The molecule has 2 aromatic rings. The van der Waals surface area contributed by atoms with Crippen LogP contribution in [0.4, 0.5) is 4.39 Å². The number of halogens is 1. The number of carbonyl (C=O) groups is 2. The largest absolute Gasteiger partial charge is 0.478 e. The van der Waals surface area contributed by atoms with Crippen molar-refractivity contribution in [3.8, 4) is 0 Å².